The maximum Gasteiger partial charge on any atom is 0.318 e. The summed E-state index contributed by atoms with van der Waals surface area (Å²) in [6.45, 7) is 9.07. The number of thiophene rings is 1. The minimum Gasteiger partial charge on any atom is -0.491 e. The van der Waals surface area contributed by atoms with E-state index in [1.54, 1.807) is 16.2 Å². The SMILES string of the molecule is Cc1ccc(OC[C@H]2c3ccsc3CCN2C(=O)CN(C(=O)NC(C)(C)C)C2CC2)cc1. The molecule has 1 aliphatic carbocycles. The summed E-state index contributed by atoms with van der Waals surface area (Å²) in [6.07, 6.45) is 2.76. The summed E-state index contributed by atoms with van der Waals surface area (Å²) in [5, 5.41) is 5.10. The number of benzene rings is 1. The smallest absolute Gasteiger partial charge is 0.318 e. The summed E-state index contributed by atoms with van der Waals surface area (Å²) in [5.41, 5.74) is 2.01. The number of rotatable bonds is 6. The van der Waals surface area contributed by atoms with Gasteiger partial charge in [0, 0.05) is 23.0 Å². The molecule has 6 nitrogen and oxygen atoms in total. The zero-order chi connectivity index (χ0) is 22.9. The van der Waals surface area contributed by atoms with E-state index < -0.39 is 0 Å². The Labute approximate surface area is 194 Å². The fourth-order valence-electron chi connectivity index (χ4n) is 4.07. The second kappa shape index (κ2) is 9.14. The molecule has 2 aromatic rings. The quantitative estimate of drug-likeness (QED) is 0.696. The second-order valence-electron chi connectivity index (χ2n) is 9.82. The summed E-state index contributed by atoms with van der Waals surface area (Å²) < 4.78 is 6.10. The minimum absolute atomic E-state index is 0.0182. The molecule has 1 N–H and O–H groups in total. The Bertz CT molecular complexity index is 960. The molecule has 3 amide bonds. The van der Waals surface area contributed by atoms with Crippen LogP contribution >= 0.6 is 11.3 Å². The van der Waals surface area contributed by atoms with E-state index in [1.807, 2.05) is 56.9 Å². The molecule has 0 saturated heterocycles. The van der Waals surface area contributed by atoms with Crippen LogP contribution in [-0.4, -0.2) is 53.0 Å². The van der Waals surface area contributed by atoms with E-state index in [1.165, 1.54) is 16.0 Å². The lowest BCUT2D eigenvalue weighted by molar-refractivity contribution is -0.135. The highest BCUT2D eigenvalue weighted by Crippen LogP contribution is 2.35. The number of ether oxygens (including phenoxy) is 1. The van der Waals surface area contributed by atoms with Gasteiger partial charge in [0.1, 0.15) is 18.9 Å². The third-order valence-corrected chi connectivity index (χ3v) is 6.88. The fraction of sp³-hybridized carbons (Fsp3) is 0.520. The molecule has 0 bridgehead atoms. The van der Waals surface area contributed by atoms with Crippen LogP contribution in [0.3, 0.4) is 0 Å². The monoisotopic (exact) mass is 455 g/mol. The molecule has 1 fully saturated rings. The number of carbonyl (C=O) groups is 2. The fourth-order valence-corrected chi connectivity index (χ4v) is 4.99. The summed E-state index contributed by atoms with van der Waals surface area (Å²) in [7, 11) is 0. The van der Waals surface area contributed by atoms with Crippen LogP contribution in [0.2, 0.25) is 0 Å². The standard InChI is InChI=1S/C25H33N3O3S/c1-17-5-9-19(10-6-17)31-16-21-20-12-14-32-22(20)11-13-27(21)23(29)15-28(18-7-8-18)24(30)26-25(2,3)4/h5-6,9-10,12,14,18,21H,7-8,11,13,15-16H2,1-4H3,(H,26,30)/t21-/m0/s1. The van der Waals surface area contributed by atoms with Crippen molar-refractivity contribution in [2.24, 2.45) is 0 Å². The first-order chi connectivity index (χ1) is 15.2. The molecule has 0 spiro atoms. The lowest BCUT2D eigenvalue weighted by Gasteiger charge is -2.37. The number of fused-ring (bicyclic) bond motifs is 1. The maximum atomic E-state index is 13.5. The third kappa shape index (κ3) is 5.44. The first-order valence-corrected chi connectivity index (χ1v) is 12.2. The molecule has 2 heterocycles. The van der Waals surface area contributed by atoms with Crippen molar-refractivity contribution in [3.05, 3.63) is 51.7 Å². The third-order valence-electron chi connectivity index (χ3n) is 5.88. The lowest BCUT2D eigenvalue weighted by Crippen LogP contribution is -2.53. The Balaban J connectivity index is 1.48. The van der Waals surface area contributed by atoms with Gasteiger partial charge in [-0.3, -0.25) is 4.79 Å². The summed E-state index contributed by atoms with van der Waals surface area (Å²) >= 11 is 1.74. The summed E-state index contributed by atoms with van der Waals surface area (Å²) in [5.74, 6) is 0.782. The van der Waals surface area contributed by atoms with E-state index in [-0.39, 0.29) is 36.1 Å². The molecule has 4 rings (SSSR count). The van der Waals surface area contributed by atoms with E-state index in [4.69, 9.17) is 4.74 Å². The van der Waals surface area contributed by atoms with Crippen molar-refractivity contribution in [1.29, 1.82) is 0 Å². The average molecular weight is 456 g/mol. The molecule has 1 aromatic heterocycles. The molecule has 172 valence electrons. The molecule has 1 saturated carbocycles. The zero-order valence-corrected chi connectivity index (χ0v) is 20.2. The maximum absolute atomic E-state index is 13.5. The van der Waals surface area contributed by atoms with E-state index in [0.29, 0.717) is 13.2 Å². The van der Waals surface area contributed by atoms with E-state index >= 15 is 0 Å². The number of carbonyl (C=O) groups excluding carboxylic acids is 2. The average Bonchev–Trinajstić information content (AvgIpc) is 3.45. The number of nitrogens with one attached hydrogen (secondary N) is 1. The van der Waals surface area contributed by atoms with Crippen LogP contribution in [0, 0.1) is 6.92 Å². The Kier molecular flexibility index (Phi) is 6.47. The number of hydrogen-bond acceptors (Lipinski definition) is 4. The number of amides is 3. The van der Waals surface area contributed by atoms with Gasteiger partial charge >= 0.3 is 6.03 Å². The van der Waals surface area contributed by atoms with Crippen LogP contribution in [-0.2, 0) is 11.2 Å². The molecule has 1 atom stereocenters. The van der Waals surface area contributed by atoms with Crippen LogP contribution < -0.4 is 10.1 Å². The lowest BCUT2D eigenvalue weighted by atomic mass is 10.0. The van der Waals surface area contributed by atoms with E-state index in [2.05, 4.69) is 16.8 Å². The van der Waals surface area contributed by atoms with Crippen LogP contribution in [0.5, 0.6) is 5.75 Å². The molecule has 1 aromatic carbocycles. The van der Waals surface area contributed by atoms with Crippen molar-refractivity contribution in [2.75, 3.05) is 19.7 Å². The van der Waals surface area contributed by atoms with Gasteiger partial charge in [0.05, 0.1) is 6.04 Å². The molecular formula is C25H33N3O3S. The second-order valence-corrected chi connectivity index (χ2v) is 10.8. The van der Waals surface area contributed by atoms with Crippen molar-refractivity contribution in [3.8, 4) is 5.75 Å². The van der Waals surface area contributed by atoms with Crippen molar-refractivity contribution >= 4 is 23.3 Å². The Morgan fingerprint density at radius 1 is 1.19 bits per heavy atom. The Hall–Kier alpha value is -2.54. The summed E-state index contributed by atoms with van der Waals surface area (Å²) in [4.78, 5) is 31.3. The predicted molar refractivity (Wildman–Crippen MR) is 127 cm³/mol. The molecular weight excluding hydrogens is 422 g/mol. The number of hydrogen-bond donors (Lipinski definition) is 1. The first kappa shape index (κ1) is 22.6. The number of aryl methyl sites for hydroxylation is 1. The Morgan fingerprint density at radius 3 is 2.56 bits per heavy atom. The highest BCUT2D eigenvalue weighted by atomic mass is 32.1. The van der Waals surface area contributed by atoms with Gasteiger partial charge in [-0.2, -0.15) is 0 Å². The summed E-state index contributed by atoms with van der Waals surface area (Å²) in [6, 6.07) is 9.93. The Morgan fingerprint density at radius 2 is 1.91 bits per heavy atom. The predicted octanol–water partition coefficient (Wildman–Crippen LogP) is 4.53. The topological polar surface area (TPSA) is 61.9 Å². The molecule has 0 radical (unpaired) electrons. The van der Waals surface area contributed by atoms with Gasteiger partial charge in [0.25, 0.3) is 0 Å². The van der Waals surface area contributed by atoms with E-state index in [9.17, 15) is 9.59 Å². The highest BCUT2D eigenvalue weighted by Gasteiger charge is 2.38. The molecule has 0 unspecified atom stereocenters. The minimum atomic E-state index is -0.339. The van der Waals surface area contributed by atoms with E-state index in [0.717, 1.165) is 25.0 Å². The first-order valence-electron chi connectivity index (χ1n) is 11.4. The van der Waals surface area contributed by atoms with Crippen molar-refractivity contribution in [3.63, 3.8) is 0 Å². The van der Waals surface area contributed by atoms with Crippen LogP contribution in [0.15, 0.2) is 35.7 Å². The van der Waals surface area contributed by atoms with Gasteiger partial charge in [0.15, 0.2) is 0 Å². The number of urea groups is 1. The van der Waals surface area contributed by atoms with Gasteiger partial charge in [-0.05, 0) is 76.1 Å². The molecule has 1 aliphatic heterocycles. The van der Waals surface area contributed by atoms with Gasteiger partial charge in [-0.1, -0.05) is 17.7 Å². The van der Waals surface area contributed by atoms with Gasteiger partial charge < -0.3 is 19.9 Å². The van der Waals surface area contributed by atoms with Crippen LogP contribution in [0.1, 0.15) is 55.7 Å². The van der Waals surface area contributed by atoms with Crippen molar-refractivity contribution < 1.29 is 14.3 Å². The van der Waals surface area contributed by atoms with Gasteiger partial charge in [-0.15, -0.1) is 11.3 Å². The van der Waals surface area contributed by atoms with Crippen LogP contribution in [0.25, 0.3) is 0 Å². The van der Waals surface area contributed by atoms with Crippen molar-refractivity contribution in [2.45, 2.75) is 64.6 Å². The van der Waals surface area contributed by atoms with Crippen molar-refractivity contribution in [1.82, 2.24) is 15.1 Å². The molecule has 32 heavy (non-hydrogen) atoms. The largest absolute Gasteiger partial charge is 0.491 e. The zero-order valence-electron chi connectivity index (χ0n) is 19.4. The van der Waals surface area contributed by atoms with Gasteiger partial charge in [0.2, 0.25) is 5.91 Å². The van der Waals surface area contributed by atoms with Crippen LogP contribution in [0.4, 0.5) is 4.79 Å². The highest BCUT2D eigenvalue weighted by molar-refractivity contribution is 7.10. The van der Waals surface area contributed by atoms with Gasteiger partial charge in [-0.25, -0.2) is 4.79 Å². The molecule has 7 heteroatoms. The number of nitrogens with zero attached hydrogens (tertiary/aromatic N) is 2. The normalized spacial score (nSPS) is 18.1. The molecule has 2 aliphatic rings.